The van der Waals surface area contributed by atoms with Crippen molar-refractivity contribution in [3.63, 3.8) is 0 Å². The van der Waals surface area contributed by atoms with Crippen molar-refractivity contribution in [2.24, 2.45) is 0 Å². The molecule has 0 saturated carbocycles. The summed E-state index contributed by atoms with van der Waals surface area (Å²) in [6.07, 6.45) is -0.0377. The maximum absolute atomic E-state index is 13.4. The van der Waals surface area contributed by atoms with Gasteiger partial charge in [0, 0.05) is 25.8 Å². The molecular weight excluding hydrogens is 235 g/mol. The van der Waals surface area contributed by atoms with Gasteiger partial charge >= 0.3 is 0 Å². The van der Waals surface area contributed by atoms with Gasteiger partial charge in [-0.05, 0) is 24.6 Å². The van der Waals surface area contributed by atoms with Crippen molar-refractivity contribution >= 4 is 5.91 Å². The van der Waals surface area contributed by atoms with Gasteiger partial charge in [-0.25, -0.2) is 4.39 Å². The van der Waals surface area contributed by atoms with E-state index in [0.717, 1.165) is 0 Å². The van der Waals surface area contributed by atoms with Crippen LogP contribution in [0.1, 0.15) is 15.9 Å². The number of halogens is 1. The van der Waals surface area contributed by atoms with Crippen LogP contribution in [0.4, 0.5) is 4.39 Å². The monoisotopic (exact) mass is 252 g/mol. The second-order valence-electron chi connectivity index (χ2n) is 4.48. The molecule has 1 heterocycles. The summed E-state index contributed by atoms with van der Waals surface area (Å²) in [6, 6.07) is 4.41. The van der Waals surface area contributed by atoms with E-state index in [1.54, 1.807) is 26.2 Å². The highest BCUT2D eigenvalue weighted by Crippen LogP contribution is 2.10. The van der Waals surface area contributed by atoms with Gasteiger partial charge in [-0.1, -0.05) is 6.07 Å². The van der Waals surface area contributed by atoms with Gasteiger partial charge in [-0.3, -0.25) is 4.79 Å². The van der Waals surface area contributed by atoms with Crippen LogP contribution in [0.3, 0.4) is 0 Å². The van der Waals surface area contributed by atoms with E-state index in [-0.39, 0.29) is 23.9 Å². The number of benzene rings is 1. The second-order valence-corrected chi connectivity index (χ2v) is 4.48. The largest absolute Gasteiger partial charge is 0.378 e. The molecule has 1 unspecified atom stereocenters. The van der Waals surface area contributed by atoms with Crippen LogP contribution in [0, 0.1) is 12.7 Å². The Bertz CT molecular complexity index is 451. The molecule has 0 bridgehead atoms. The molecule has 1 aromatic rings. The molecule has 1 aromatic carbocycles. The quantitative estimate of drug-likeness (QED) is 0.838. The highest BCUT2D eigenvalue weighted by molar-refractivity contribution is 5.94. The van der Waals surface area contributed by atoms with Gasteiger partial charge in [0.05, 0.1) is 12.1 Å². The molecule has 1 aliphatic heterocycles. The number of methoxy groups -OCH3 is 1. The summed E-state index contributed by atoms with van der Waals surface area (Å²) in [7, 11) is 1.61. The molecule has 2 atom stereocenters. The molecule has 1 amide bonds. The number of hydrogen-bond acceptors (Lipinski definition) is 3. The number of ether oxygens (including phenoxy) is 1. The van der Waals surface area contributed by atoms with Gasteiger partial charge in [0.25, 0.3) is 5.91 Å². The third-order valence-electron chi connectivity index (χ3n) is 3.21. The molecule has 98 valence electrons. The lowest BCUT2D eigenvalue weighted by Gasteiger charge is -2.18. The average Bonchev–Trinajstić information content (AvgIpc) is 2.79. The molecule has 0 radical (unpaired) electrons. The molecule has 18 heavy (non-hydrogen) atoms. The van der Waals surface area contributed by atoms with E-state index in [1.165, 1.54) is 6.07 Å². The van der Waals surface area contributed by atoms with Gasteiger partial charge in [-0.15, -0.1) is 0 Å². The molecule has 1 fully saturated rings. The summed E-state index contributed by atoms with van der Waals surface area (Å²) in [5.41, 5.74) is 0.865. The zero-order valence-electron chi connectivity index (χ0n) is 10.5. The maximum Gasteiger partial charge on any atom is 0.251 e. The Morgan fingerprint density at radius 3 is 2.94 bits per heavy atom. The second kappa shape index (κ2) is 5.46. The van der Waals surface area contributed by atoms with Crippen LogP contribution in [0.25, 0.3) is 0 Å². The van der Waals surface area contributed by atoms with Gasteiger partial charge < -0.3 is 15.4 Å². The minimum absolute atomic E-state index is 0.0377. The lowest BCUT2D eigenvalue weighted by atomic mass is 10.1. The molecule has 2 N–H and O–H groups in total. The van der Waals surface area contributed by atoms with E-state index >= 15 is 0 Å². The lowest BCUT2D eigenvalue weighted by molar-refractivity contribution is 0.0779. The topological polar surface area (TPSA) is 50.4 Å². The maximum atomic E-state index is 13.4. The van der Waals surface area contributed by atoms with E-state index in [1.807, 2.05) is 0 Å². The van der Waals surface area contributed by atoms with Crippen LogP contribution in [0.5, 0.6) is 0 Å². The molecule has 1 aliphatic rings. The summed E-state index contributed by atoms with van der Waals surface area (Å²) in [5.74, 6) is -0.639. The number of rotatable bonds is 3. The van der Waals surface area contributed by atoms with Crippen molar-refractivity contribution in [1.29, 1.82) is 0 Å². The van der Waals surface area contributed by atoms with E-state index in [0.29, 0.717) is 24.2 Å². The molecule has 2 rings (SSSR count). The Hall–Kier alpha value is -1.46. The third-order valence-corrected chi connectivity index (χ3v) is 3.21. The summed E-state index contributed by atoms with van der Waals surface area (Å²) in [6.45, 7) is 3.04. The highest BCUT2D eigenvalue weighted by atomic mass is 19.1. The fourth-order valence-electron chi connectivity index (χ4n) is 2.03. The van der Waals surface area contributed by atoms with E-state index in [2.05, 4.69) is 10.6 Å². The minimum Gasteiger partial charge on any atom is -0.378 e. The Kier molecular flexibility index (Phi) is 3.93. The van der Waals surface area contributed by atoms with Gasteiger partial charge in [-0.2, -0.15) is 0 Å². The molecule has 4 nitrogen and oxygen atoms in total. The zero-order valence-corrected chi connectivity index (χ0v) is 10.5. The van der Waals surface area contributed by atoms with Crippen LogP contribution in [0.2, 0.25) is 0 Å². The molecule has 1 saturated heterocycles. The number of carbonyl (C=O) groups excluding carboxylic acids is 1. The van der Waals surface area contributed by atoms with E-state index in [4.69, 9.17) is 4.74 Å². The average molecular weight is 252 g/mol. The Balaban J connectivity index is 2.05. The van der Waals surface area contributed by atoms with Crippen molar-refractivity contribution < 1.29 is 13.9 Å². The fraction of sp³-hybridized carbons (Fsp3) is 0.462. The smallest absolute Gasteiger partial charge is 0.251 e. The SMILES string of the molecule is CO[C@H]1CNCC1NC(=O)c1ccc(C)c(F)c1. The zero-order chi connectivity index (χ0) is 13.1. The number of hydrogen-bond donors (Lipinski definition) is 2. The first-order valence-electron chi connectivity index (χ1n) is 5.92. The van der Waals surface area contributed by atoms with E-state index < -0.39 is 0 Å². The van der Waals surface area contributed by atoms with Crippen molar-refractivity contribution in [3.05, 3.63) is 35.1 Å². The summed E-state index contributed by atoms with van der Waals surface area (Å²) in [5, 5.41) is 5.99. The van der Waals surface area contributed by atoms with Crippen molar-refractivity contribution in [2.75, 3.05) is 20.2 Å². The first-order chi connectivity index (χ1) is 8.61. The lowest BCUT2D eigenvalue weighted by Crippen LogP contribution is -2.43. The molecular formula is C13H17FN2O2. The normalized spacial score (nSPS) is 23.1. The van der Waals surface area contributed by atoms with Crippen LogP contribution < -0.4 is 10.6 Å². The van der Waals surface area contributed by atoms with Crippen LogP contribution >= 0.6 is 0 Å². The van der Waals surface area contributed by atoms with Crippen molar-refractivity contribution in [1.82, 2.24) is 10.6 Å². The Morgan fingerprint density at radius 2 is 2.28 bits per heavy atom. The van der Waals surface area contributed by atoms with Crippen molar-refractivity contribution in [3.8, 4) is 0 Å². The molecule has 0 aliphatic carbocycles. The standard InChI is InChI=1S/C13H17FN2O2/c1-8-3-4-9(5-10(8)14)13(17)16-11-6-15-7-12(11)18-2/h3-5,11-12,15H,6-7H2,1-2H3,(H,16,17)/t11?,12-/m0/s1. The minimum atomic E-state index is -0.365. The fourth-order valence-corrected chi connectivity index (χ4v) is 2.03. The summed E-state index contributed by atoms with van der Waals surface area (Å²) < 4.78 is 18.6. The summed E-state index contributed by atoms with van der Waals surface area (Å²) in [4.78, 5) is 12.0. The predicted molar refractivity (Wildman–Crippen MR) is 66.1 cm³/mol. The highest BCUT2D eigenvalue weighted by Gasteiger charge is 2.28. The third kappa shape index (κ3) is 2.68. The van der Waals surface area contributed by atoms with Crippen LogP contribution in [-0.4, -0.2) is 38.3 Å². The molecule has 0 spiro atoms. The Morgan fingerprint density at radius 1 is 1.50 bits per heavy atom. The Labute approximate surface area is 106 Å². The molecule has 5 heteroatoms. The van der Waals surface area contributed by atoms with Crippen LogP contribution in [-0.2, 0) is 4.74 Å². The number of aryl methyl sites for hydroxylation is 1. The van der Waals surface area contributed by atoms with Gasteiger partial charge in [0.1, 0.15) is 5.82 Å². The first kappa shape index (κ1) is 13.0. The molecule has 0 aromatic heterocycles. The number of carbonyl (C=O) groups is 1. The number of nitrogens with one attached hydrogen (secondary N) is 2. The summed E-state index contributed by atoms with van der Waals surface area (Å²) >= 11 is 0. The van der Waals surface area contributed by atoms with Gasteiger partial charge in [0.15, 0.2) is 0 Å². The van der Waals surface area contributed by atoms with Gasteiger partial charge in [0.2, 0.25) is 0 Å². The van der Waals surface area contributed by atoms with E-state index in [9.17, 15) is 9.18 Å². The first-order valence-corrected chi connectivity index (χ1v) is 5.92. The number of amides is 1. The van der Waals surface area contributed by atoms with Crippen LogP contribution in [0.15, 0.2) is 18.2 Å². The van der Waals surface area contributed by atoms with Crippen molar-refractivity contribution in [2.45, 2.75) is 19.1 Å². The predicted octanol–water partition coefficient (Wildman–Crippen LogP) is 0.851.